The number of halogens is 1. The maximum atomic E-state index is 11.6. The second-order valence-electron chi connectivity index (χ2n) is 2.97. The molecule has 0 fully saturated rings. The van der Waals surface area contributed by atoms with E-state index in [0.29, 0.717) is 5.56 Å². The van der Waals surface area contributed by atoms with Gasteiger partial charge in [-0.05, 0) is 5.56 Å². The van der Waals surface area contributed by atoms with Crippen LogP contribution in [0.3, 0.4) is 0 Å². The second-order valence-corrected chi connectivity index (χ2v) is 3.53. The first kappa shape index (κ1) is 11.9. The number of esters is 1. The molecule has 15 heavy (non-hydrogen) atoms. The summed E-state index contributed by atoms with van der Waals surface area (Å²) in [6.45, 7) is 0. The first-order chi connectivity index (χ1) is 7.20. The van der Waals surface area contributed by atoms with Crippen LogP contribution in [0.2, 0.25) is 0 Å². The molecule has 3 nitrogen and oxygen atoms in total. The summed E-state index contributed by atoms with van der Waals surface area (Å²) < 4.78 is 4.61. The van der Waals surface area contributed by atoms with Crippen LogP contribution in [0, 0.1) is 0 Å². The van der Waals surface area contributed by atoms with Crippen LogP contribution in [-0.2, 0) is 14.3 Å². The zero-order valence-corrected chi connectivity index (χ0v) is 9.86. The molecular weight excluding hydrogens is 260 g/mol. The number of carbonyl (C=O) groups excluding carboxylic acids is 2. The van der Waals surface area contributed by atoms with Gasteiger partial charge in [-0.25, -0.2) is 0 Å². The maximum absolute atomic E-state index is 11.6. The molecule has 0 saturated carbocycles. The lowest BCUT2D eigenvalue weighted by Crippen LogP contribution is -2.24. The average molecular weight is 271 g/mol. The molecule has 0 N–H and O–H groups in total. The van der Waals surface area contributed by atoms with Crippen molar-refractivity contribution in [2.45, 2.75) is 5.92 Å². The number of Topliss-reactive ketones (excluding diaryl/α,β-unsaturated/α-hetero) is 1. The van der Waals surface area contributed by atoms with Crippen LogP contribution < -0.4 is 0 Å². The molecule has 1 unspecified atom stereocenters. The predicted molar refractivity (Wildman–Crippen MR) is 60.0 cm³/mol. The van der Waals surface area contributed by atoms with Gasteiger partial charge in [-0.3, -0.25) is 9.59 Å². The summed E-state index contributed by atoms with van der Waals surface area (Å²) in [6, 6.07) is 8.88. The van der Waals surface area contributed by atoms with Gasteiger partial charge in [-0.15, -0.1) is 0 Å². The molecule has 0 bridgehead atoms. The third-order valence-electron chi connectivity index (χ3n) is 2.02. The van der Waals surface area contributed by atoms with Gasteiger partial charge < -0.3 is 4.74 Å². The van der Waals surface area contributed by atoms with Crippen LogP contribution >= 0.6 is 15.9 Å². The standard InChI is InChI=1S/C11H11BrO3/c1-15-11(14)10(9(13)7-12)8-5-3-2-4-6-8/h2-6,10H,7H2,1H3. The second kappa shape index (κ2) is 5.66. The third-order valence-corrected chi connectivity index (χ3v) is 2.58. The molecule has 1 aromatic rings. The highest BCUT2D eigenvalue weighted by molar-refractivity contribution is 9.09. The molecule has 0 heterocycles. The Morgan fingerprint density at radius 1 is 1.33 bits per heavy atom. The fourth-order valence-corrected chi connectivity index (χ4v) is 1.62. The molecule has 0 aromatic heterocycles. The van der Waals surface area contributed by atoms with E-state index in [9.17, 15) is 9.59 Å². The first-order valence-electron chi connectivity index (χ1n) is 4.42. The van der Waals surface area contributed by atoms with Crippen LogP contribution in [0.1, 0.15) is 11.5 Å². The van der Waals surface area contributed by atoms with Crippen LogP contribution in [0.25, 0.3) is 0 Å². The van der Waals surface area contributed by atoms with Crippen molar-refractivity contribution >= 4 is 27.7 Å². The van der Waals surface area contributed by atoms with E-state index in [-0.39, 0.29) is 11.1 Å². The minimum atomic E-state index is -0.824. The van der Waals surface area contributed by atoms with Gasteiger partial charge in [-0.1, -0.05) is 46.3 Å². The maximum Gasteiger partial charge on any atom is 0.320 e. The smallest absolute Gasteiger partial charge is 0.320 e. The summed E-state index contributed by atoms with van der Waals surface area (Å²) in [5.74, 6) is -1.55. The predicted octanol–water partition coefficient (Wildman–Crippen LogP) is 1.91. The number of hydrogen-bond donors (Lipinski definition) is 0. The number of hydrogen-bond acceptors (Lipinski definition) is 3. The molecule has 1 rings (SSSR count). The van der Waals surface area contributed by atoms with Gasteiger partial charge in [0.05, 0.1) is 12.4 Å². The Morgan fingerprint density at radius 3 is 2.40 bits per heavy atom. The molecule has 0 aliphatic rings. The van der Waals surface area contributed by atoms with E-state index in [1.807, 2.05) is 6.07 Å². The fraction of sp³-hybridized carbons (Fsp3) is 0.273. The number of carbonyl (C=O) groups is 2. The van der Waals surface area contributed by atoms with Crippen LogP contribution in [0.4, 0.5) is 0 Å². The van der Waals surface area contributed by atoms with E-state index in [1.165, 1.54) is 7.11 Å². The topological polar surface area (TPSA) is 43.4 Å². The summed E-state index contributed by atoms with van der Waals surface area (Å²) in [5.41, 5.74) is 0.661. The number of methoxy groups -OCH3 is 1. The Hall–Kier alpha value is -1.16. The SMILES string of the molecule is COC(=O)C(C(=O)CBr)c1ccccc1. The molecule has 0 amide bonds. The van der Waals surface area contributed by atoms with Crippen molar-refractivity contribution in [3.05, 3.63) is 35.9 Å². The third kappa shape index (κ3) is 2.89. The van der Waals surface area contributed by atoms with Gasteiger partial charge >= 0.3 is 5.97 Å². The molecule has 1 aromatic carbocycles. The van der Waals surface area contributed by atoms with Gasteiger partial charge in [0.1, 0.15) is 5.92 Å². The average Bonchev–Trinajstić information content (AvgIpc) is 2.30. The van der Waals surface area contributed by atoms with Gasteiger partial charge in [-0.2, -0.15) is 0 Å². The van der Waals surface area contributed by atoms with Gasteiger partial charge in [0.2, 0.25) is 0 Å². The molecule has 80 valence electrons. The largest absolute Gasteiger partial charge is 0.468 e. The summed E-state index contributed by atoms with van der Waals surface area (Å²) in [5, 5.41) is 0.141. The number of ketones is 1. The zero-order valence-electron chi connectivity index (χ0n) is 8.27. The summed E-state index contributed by atoms with van der Waals surface area (Å²) in [4.78, 5) is 23.0. The van der Waals surface area contributed by atoms with E-state index >= 15 is 0 Å². The van der Waals surface area contributed by atoms with Crippen molar-refractivity contribution in [1.29, 1.82) is 0 Å². The van der Waals surface area contributed by atoms with E-state index in [0.717, 1.165) is 0 Å². The highest BCUT2D eigenvalue weighted by atomic mass is 79.9. The highest BCUT2D eigenvalue weighted by Crippen LogP contribution is 2.19. The summed E-state index contributed by atoms with van der Waals surface area (Å²) >= 11 is 3.05. The lowest BCUT2D eigenvalue weighted by atomic mass is 9.96. The van der Waals surface area contributed by atoms with Crippen LogP contribution in [-0.4, -0.2) is 24.2 Å². The minimum Gasteiger partial charge on any atom is -0.468 e. The zero-order chi connectivity index (χ0) is 11.3. The lowest BCUT2D eigenvalue weighted by Gasteiger charge is -2.12. The molecule has 1 atom stereocenters. The summed E-state index contributed by atoms with van der Waals surface area (Å²) in [7, 11) is 1.28. The monoisotopic (exact) mass is 270 g/mol. The van der Waals surface area contributed by atoms with Crippen LogP contribution in [0.5, 0.6) is 0 Å². The lowest BCUT2D eigenvalue weighted by molar-refractivity contribution is -0.145. The Bertz CT molecular complexity index is 332. The van der Waals surface area contributed by atoms with E-state index in [4.69, 9.17) is 0 Å². The van der Waals surface area contributed by atoms with Gasteiger partial charge in [0.15, 0.2) is 5.78 Å². The normalized spacial score (nSPS) is 11.9. The molecule has 0 spiro atoms. The van der Waals surface area contributed by atoms with Crippen molar-refractivity contribution in [2.24, 2.45) is 0 Å². The van der Waals surface area contributed by atoms with Crippen molar-refractivity contribution in [3.8, 4) is 0 Å². The van der Waals surface area contributed by atoms with Crippen molar-refractivity contribution in [2.75, 3.05) is 12.4 Å². The molecule has 0 aliphatic heterocycles. The fourth-order valence-electron chi connectivity index (χ4n) is 1.29. The summed E-state index contributed by atoms with van der Waals surface area (Å²) in [6.07, 6.45) is 0. The molecule has 0 radical (unpaired) electrons. The molecular formula is C11H11BrO3. The van der Waals surface area contributed by atoms with Crippen molar-refractivity contribution in [3.63, 3.8) is 0 Å². The Balaban J connectivity index is 3.02. The van der Waals surface area contributed by atoms with E-state index in [2.05, 4.69) is 20.7 Å². The Labute approximate surface area is 96.6 Å². The Kier molecular flexibility index (Phi) is 4.49. The highest BCUT2D eigenvalue weighted by Gasteiger charge is 2.27. The van der Waals surface area contributed by atoms with Gasteiger partial charge in [0, 0.05) is 0 Å². The Morgan fingerprint density at radius 2 is 1.93 bits per heavy atom. The molecule has 4 heteroatoms. The van der Waals surface area contributed by atoms with Gasteiger partial charge in [0.25, 0.3) is 0 Å². The van der Waals surface area contributed by atoms with E-state index < -0.39 is 11.9 Å². The number of rotatable bonds is 4. The number of alkyl halides is 1. The number of ether oxygens (including phenoxy) is 1. The van der Waals surface area contributed by atoms with Crippen molar-refractivity contribution < 1.29 is 14.3 Å². The first-order valence-corrected chi connectivity index (χ1v) is 5.54. The molecule has 0 saturated heterocycles. The quantitative estimate of drug-likeness (QED) is 0.477. The van der Waals surface area contributed by atoms with E-state index in [1.54, 1.807) is 24.3 Å². The van der Waals surface area contributed by atoms with Crippen molar-refractivity contribution in [1.82, 2.24) is 0 Å². The molecule has 0 aliphatic carbocycles. The van der Waals surface area contributed by atoms with Crippen LogP contribution in [0.15, 0.2) is 30.3 Å². The minimum absolute atomic E-state index is 0.141. The number of benzene rings is 1.